The molecule has 2 atom stereocenters. The highest BCUT2D eigenvalue weighted by molar-refractivity contribution is 5.36. The summed E-state index contributed by atoms with van der Waals surface area (Å²) in [6, 6.07) is 2.78. The Morgan fingerprint density at radius 3 is 2.50 bits per heavy atom. The van der Waals surface area contributed by atoms with Gasteiger partial charge in [-0.2, -0.15) is 8.78 Å². The van der Waals surface area contributed by atoms with Crippen molar-refractivity contribution in [3.8, 4) is 5.75 Å². The normalized spacial score (nSPS) is 14.6. The number of aliphatic hydroxyl groups excluding tert-OH is 2. The lowest BCUT2D eigenvalue weighted by Crippen LogP contribution is -2.22. The standard InChI is InChI=1S/C11H14F3NO3/c12-6-1-2-7(9(5-6)18-11(13)14)10(17)8(16)3-4-15/h1-2,5,8,10-11,16-17H,3-4,15H2. The second-order valence-corrected chi connectivity index (χ2v) is 3.65. The highest BCUT2D eigenvalue weighted by Crippen LogP contribution is 2.30. The van der Waals surface area contributed by atoms with Crippen LogP contribution in [0.25, 0.3) is 0 Å². The van der Waals surface area contributed by atoms with Gasteiger partial charge in [0, 0.05) is 11.6 Å². The number of aliphatic hydroxyl groups is 2. The average Bonchev–Trinajstić information content (AvgIpc) is 2.28. The van der Waals surface area contributed by atoms with Gasteiger partial charge in [-0.3, -0.25) is 0 Å². The monoisotopic (exact) mass is 265 g/mol. The average molecular weight is 265 g/mol. The molecule has 102 valence electrons. The van der Waals surface area contributed by atoms with Crippen LogP contribution in [0.1, 0.15) is 18.1 Å². The van der Waals surface area contributed by atoms with Gasteiger partial charge in [0.15, 0.2) is 0 Å². The van der Waals surface area contributed by atoms with Crippen LogP contribution in [0.5, 0.6) is 5.75 Å². The smallest absolute Gasteiger partial charge is 0.387 e. The quantitative estimate of drug-likeness (QED) is 0.721. The molecule has 2 unspecified atom stereocenters. The van der Waals surface area contributed by atoms with E-state index in [9.17, 15) is 23.4 Å². The molecule has 0 aliphatic carbocycles. The van der Waals surface area contributed by atoms with Crippen molar-refractivity contribution in [2.45, 2.75) is 25.2 Å². The van der Waals surface area contributed by atoms with E-state index in [0.717, 1.165) is 18.2 Å². The fourth-order valence-electron chi connectivity index (χ4n) is 1.49. The van der Waals surface area contributed by atoms with Crippen LogP contribution >= 0.6 is 0 Å². The van der Waals surface area contributed by atoms with Crippen LogP contribution in [0, 0.1) is 5.82 Å². The Kier molecular flexibility index (Phi) is 5.39. The van der Waals surface area contributed by atoms with Gasteiger partial charge in [0.1, 0.15) is 17.7 Å². The molecule has 0 spiro atoms. The summed E-state index contributed by atoms with van der Waals surface area (Å²) in [7, 11) is 0. The Balaban J connectivity index is 2.99. The van der Waals surface area contributed by atoms with Gasteiger partial charge in [-0.05, 0) is 25.1 Å². The number of ether oxygens (including phenoxy) is 1. The molecule has 4 N–H and O–H groups in total. The number of nitrogens with two attached hydrogens (primary N) is 1. The maximum atomic E-state index is 12.9. The fourth-order valence-corrected chi connectivity index (χ4v) is 1.49. The third-order valence-corrected chi connectivity index (χ3v) is 2.34. The Morgan fingerprint density at radius 1 is 1.28 bits per heavy atom. The second-order valence-electron chi connectivity index (χ2n) is 3.65. The summed E-state index contributed by atoms with van der Waals surface area (Å²) in [6.07, 6.45) is -2.63. The predicted octanol–water partition coefficient (Wildman–Crippen LogP) is 1.17. The van der Waals surface area contributed by atoms with Crippen LogP contribution in [-0.2, 0) is 0 Å². The molecule has 18 heavy (non-hydrogen) atoms. The van der Waals surface area contributed by atoms with Crippen molar-refractivity contribution in [1.82, 2.24) is 0 Å². The lowest BCUT2D eigenvalue weighted by Gasteiger charge is -2.20. The van der Waals surface area contributed by atoms with Crippen molar-refractivity contribution < 1.29 is 28.1 Å². The van der Waals surface area contributed by atoms with Gasteiger partial charge in [-0.25, -0.2) is 4.39 Å². The number of halogens is 3. The number of hydrogen-bond donors (Lipinski definition) is 3. The zero-order valence-corrected chi connectivity index (χ0v) is 9.39. The molecule has 1 rings (SSSR count). The van der Waals surface area contributed by atoms with E-state index in [4.69, 9.17) is 5.73 Å². The van der Waals surface area contributed by atoms with Gasteiger partial charge in [0.2, 0.25) is 0 Å². The molecule has 0 radical (unpaired) electrons. The van der Waals surface area contributed by atoms with Crippen molar-refractivity contribution >= 4 is 0 Å². The van der Waals surface area contributed by atoms with Gasteiger partial charge in [0.25, 0.3) is 0 Å². The summed E-state index contributed by atoms with van der Waals surface area (Å²) >= 11 is 0. The first kappa shape index (κ1) is 14.7. The maximum absolute atomic E-state index is 12.9. The van der Waals surface area contributed by atoms with Crippen molar-refractivity contribution in [1.29, 1.82) is 0 Å². The van der Waals surface area contributed by atoms with E-state index < -0.39 is 30.4 Å². The summed E-state index contributed by atoms with van der Waals surface area (Å²) in [4.78, 5) is 0. The van der Waals surface area contributed by atoms with Crippen molar-refractivity contribution in [2.24, 2.45) is 5.73 Å². The van der Waals surface area contributed by atoms with Crippen molar-refractivity contribution in [2.75, 3.05) is 6.54 Å². The van der Waals surface area contributed by atoms with Crippen LogP contribution in [0.2, 0.25) is 0 Å². The SMILES string of the molecule is NCCC(O)C(O)c1ccc(F)cc1OC(F)F. The number of alkyl halides is 2. The second kappa shape index (κ2) is 6.58. The van der Waals surface area contributed by atoms with E-state index in [-0.39, 0.29) is 18.5 Å². The molecule has 0 fully saturated rings. The molecule has 0 bridgehead atoms. The lowest BCUT2D eigenvalue weighted by molar-refractivity contribution is -0.0541. The highest BCUT2D eigenvalue weighted by atomic mass is 19.3. The van der Waals surface area contributed by atoms with Crippen LogP contribution in [0.3, 0.4) is 0 Å². The molecule has 0 aliphatic rings. The predicted molar refractivity (Wildman–Crippen MR) is 57.7 cm³/mol. The van der Waals surface area contributed by atoms with Gasteiger partial charge < -0.3 is 20.7 Å². The molecule has 0 heterocycles. The number of hydrogen-bond acceptors (Lipinski definition) is 4. The molecule has 0 amide bonds. The first-order chi connectivity index (χ1) is 8.45. The third kappa shape index (κ3) is 3.86. The summed E-state index contributed by atoms with van der Waals surface area (Å²) in [5.41, 5.74) is 5.09. The Labute approximate surface area is 102 Å². The summed E-state index contributed by atoms with van der Waals surface area (Å²) in [6.45, 7) is -3.03. The van der Waals surface area contributed by atoms with Crippen molar-refractivity contribution in [3.05, 3.63) is 29.6 Å². The third-order valence-electron chi connectivity index (χ3n) is 2.34. The van der Waals surface area contributed by atoms with E-state index in [1.807, 2.05) is 0 Å². The summed E-state index contributed by atoms with van der Waals surface area (Å²) in [5.74, 6) is -1.29. The molecular weight excluding hydrogens is 251 g/mol. The molecule has 4 nitrogen and oxygen atoms in total. The van der Waals surface area contributed by atoms with Crippen LogP contribution in [-0.4, -0.2) is 29.5 Å². The van der Waals surface area contributed by atoms with Crippen molar-refractivity contribution in [3.63, 3.8) is 0 Å². The summed E-state index contributed by atoms with van der Waals surface area (Å²) in [5, 5.41) is 19.3. The molecule has 7 heteroatoms. The van der Waals surface area contributed by atoms with Crippen LogP contribution in [0.4, 0.5) is 13.2 Å². The van der Waals surface area contributed by atoms with Gasteiger partial charge in [-0.1, -0.05) is 0 Å². The highest BCUT2D eigenvalue weighted by Gasteiger charge is 2.23. The van der Waals surface area contributed by atoms with Gasteiger partial charge in [-0.15, -0.1) is 0 Å². The Bertz CT molecular complexity index is 390. The number of rotatable bonds is 6. The van der Waals surface area contributed by atoms with Crippen LogP contribution in [0.15, 0.2) is 18.2 Å². The molecule has 0 saturated carbocycles. The molecule has 0 saturated heterocycles. The summed E-state index contributed by atoms with van der Waals surface area (Å²) < 4.78 is 41.3. The fraction of sp³-hybridized carbons (Fsp3) is 0.455. The zero-order chi connectivity index (χ0) is 13.7. The van der Waals surface area contributed by atoms with E-state index in [2.05, 4.69) is 4.74 Å². The van der Waals surface area contributed by atoms with E-state index in [0.29, 0.717) is 0 Å². The first-order valence-corrected chi connectivity index (χ1v) is 5.26. The Hall–Kier alpha value is -1.31. The maximum Gasteiger partial charge on any atom is 0.387 e. The van der Waals surface area contributed by atoms with E-state index in [1.165, 1.54) is 0 Å². The topological polar surface area (TPSA) is 75.7 Å². The van der Waals surface area contributed by atoms with Gasteiger partial charge >= 0.3 is 6.61 Å². The molecule has 1 aromatic rings. The van der Waals surface area contributed by atoms with Crippen LogP contribution < -0.4 is 10.5 Å². The molecule has 1 aromatic carbocycles. The molecular formula is C11H14F3NO3. The Morgan fingerprint density at radius 2 is 1.94 bits per heavy atom. The molecule has 0 aromatic heterocycles. The first-order valence-electron chi connectivity index (χ1n) is 5.26. The number of benzene rings is 1. The van der Waals surface area contributed by atoms with E-state index in [1.54, 1.807) is 0 Å². The van der Waals surface area contributed by atoms with E-state index >= 15 is 0 Å². The minimum absolute atomic E-state index is 0.0761. The largest absolute Gasteiger partial charge is 0.434 e. The minimum atomic E-state index is -3.15. The zero-order valence-electron chi connectivity index (χ0n) is 9.39. The minimum Gasteiger partial charge on any atom is -0.434 e. The van der Waals surface area contributed by atoms with Gasteiger partial charge in [0.05, 0.1) is 6.10 Å². The molecule has 0 aliphatic heterocycles. The lowest BCUT2D eigenvalue weighted by atomic mass is 10.0.